The third-order valence-corrected chi connectivity index (χ3v) is 4.95. The first-order valence-electron chi connectivity index (χ1n) is 10.1. The van der Waals surface area contributed by atoms with E-state index in [1.54, 1.807) is 12.1 Å². The summed E-state index contributed by atoms with van der Waals surface area (Å²) in [5.41, 5.74) is 8.62. The molecule has 4 aromatic rings. The zero-order valence-corrected chi connectivity index (χ0v) is 17.5. The van der Waals surface area contributed by atoms with Gasteiger partial charge in [-0.05, 0) is 47.5 Å². The minimum Gasteiger partial charge on any atom is -0.487 e. The number of pyridine rings is 1. The van der Waals surface area contributed by atoms with E-state index in [0.717, 1.165) is 11.1 Å². The number of nitrogens with one attached hydrogen (secondary N) is 1. The summed E-state index contributed by atoms with van der Waals surface area (Å²) in [6.07, 6.45) is 2.72. The number of rotatable bonds is 7. The predicted molar refractivity (Wildman–Crippen MR) is 123 cm³/mol. The number of carbonyl (C=O) groups excluding carboxylic acids is 2. The molecule has 2 amide bonds. The van der Waals surface area contributed by atoms with Crippen LogP contribution < -0.4 is 15.8 Å². The number of benzene rings is 3. The van der Waals surface area contributed by atoms with Gasteiger partial charge in [-0.15, -0.1) is 0 Å². The monoisotopic (exact) mass is 441 g/mol. The Balaban J connectivity index is 1.43. The van der Waals surface area contributed by atoms with Crippen molar-refractivity contribution in [2.45, 2.75) is 6.61 Å². The molecule has 7 heteroatoms. The maximum Gasteiger partial charge on any atom is 0.255 e. The Morgan fingerprint density at radius 3 is 2.33 bits per heavy atom. The van der Waals surface area contributed by atoms with E-state index in [1.807, 2.05) is 42.5 Å². The maximum absolute atomic E-state index is 14.3. The lowest BCUT2D eigenvalue weighted by Crippen LogP contribution is -2.12. The molecule has 0 bridgehead atoms. The van der Waals surface area contributed by atoms with Crippen molar-refractivity contribution in [2.75, 3.05) is 5.32 Å². The highest BCUT2D eigenvalue weighted by molar-refractivity contribution is 6.04. The Labute approximate surface area is 189 Å². The number of ether oxygens (including phenoxy) is 1. The molecule has 1 heterocycles. The van der Waals surface area contributed by atoms with Gasteiger partial charge >= 0.3 is 0 Å². The fourth-order valence-corrected chi connectivity index (χ4v) is 3.20. The van der Waals surface area contributed by atoms with Gasteiger partial charge in [0, 0.05) is 23.0 Å². The van der Waals surface area contributed by atoms with E-state index in [1.165, 1.54) is 36.7 Å². The van der Waals surface area contributed by atoms with Crippen LogP contribution in [0.5, 0.6) is 5.75 Å². The largest absolute Gasteiger partial charge is 0.487 e. The second-order valence-electron chi connectivity index (χ2n) is 7.27. The van der Waals surface area contributed by atoms with E-state index in [4.69, 9.17) is 10.5 Å². The van der Waals surface area contributed by atoms with Gasteiger partial charge in [0.15, 0.2) is 0 Å². The highest BCUT2D eigenvalue weighted by Gasteiger charge is 2.11. The number of aromatic nitrogens is 1. The van der Waals surface area contributed by atoms with Crippen molar-refractivity contribution in [3.8, 4) is 16.9 Å². The quantitative estimate of drug-likeness (QED) is 0.430. The van der Waals surface area contributed by atoms with Gasteiger partial charge in [-0.25, -0.2) is 4.39 Å². The summed E-state index contributed by atoms with van der Waals surface area (Å²) in [7, 11) is 0. The molecule has 0 atom stereocenters. The van der Waals surface area contributed by atoms with Crippen LogP contribution in [0.1, 0.15) is 26.3 Å². The predicted octanol–water partition coefficient (Wildman–Crippen LogP) is 4.82. The average Bonchev–Trinajstić information content (AvgIpc) is 2.85. The van der Waals surface area contributed by atoms with Gasteiger partial charge < -0.3 is 15.8 Å². The van der Waals surface area contributed by atoms with Crippen LogP contribution in [0.2, 0.25) is 0 Å². The highest BCUT2D eigenvalue weighted by atomic mass is 19.1. The Morgan fingerprint density at radius 1 is 0.879 bits per heavy atom. The number of amides is 2. The number of carbonyl (C=O) groups is 2. The molecule has 0 radical (unpaired) electrons. The Kier molecular flexibility index (Phi) is 6.40. The summed E-state index contributed by atoms with van der Waals surface area (Å²) < 4.78 is 19.8. The highest BCUT2D eigenvalue weighted by Crippen LogP contribution is 2.21. The van der Waals surface area contributed by atoms with Crippen molar-refractivity contribution in [2.24, 2.45) is 5.73 Å². The molecule has 33 heavy (non-hydrogen) atoms. The first-order chi connectivity index (χ1) is 16.0. The van der Waals surface area contributed by atoms with Crippen molar-refractivity contribution in [1.29, 1.82) is 0 Å². The molecule has 3 aromatic carbocycles. The molecular formula is C26H20FN3O3. The van der Waals surface area contributed by atoms with Crippen LogP contribution in [0.15, 0.2) is 91.3 Å². The van der Waals surface area contributed by atoms with Gasteiger partial charge in [-0.3, -0.25) is 14.6 Å². The van der Waals surface area contributed by atoms with Gasteiger partial charge in [0.05, 0.1) is 11.8 Å². The van der Waals surface area contributed by atoms with Crippen molar-refractivity contribution in [1.82, 2.24) is 4.98 Å². The Bertz CT molecular complexity index is 1290. The van der Waals surface area contributed by atoms with Crippen LogP contribution in [-0.2, 0) is 6.61 Å². The van der Waals surface area contributed by atoms with E-state index >= 15 is 0 Å². The molecule has 3 N–H and O–H groups in total. The van der Waals surface area contributed by atoms with Gasteiger partial charge in [0.2, 0.25) is 5.91 Å². The van der Waals surface area contributed by atoms with Crippen LogP contribution in [-0.4, -0.2) is 16.8 Å². The molecule has 0 saturated heterocycles. The molecule has 1 aromatic heterocycles. The number of hydrogen-bond acceptors (Lipinski definition) is 4. The zero-order valence-electron chi connectivity index (χ0n) is 17.5. The van der Waals surface area contributed by atoms with Crippen molar-refractivity contribution in [3.05, 3.63) is 114 Å². The molecule has 0 aliphatic rings. The van der Waals surface area contributed by atoms with Crippen LogP contribution in [0.4, 0.5) is 10.1 Å². The third-order valence-electron chi connectivity index (χ3n) is 4.95. The van der Waals surface area contributed by atoms with E-state index in [-0.39, 0.29) is 29.4 Å². The number of halogens is 1. The van der Waals surface area contributed by atoms with Crippen LogP contribution in [0, 0.1) is 5.82 Å². The molecular weight excluding hydrogens is 421 g/mol. The SMILES string of the molecule is NC(=O)c1cncc(OCc2cc(NC(=O)c3ccc(-c4ccccc4)cc3)ccc2F)c1. The third kappa shape index (κ3) is 5.40. The van der Waals surface area contributed by atoms with Gasteiger partial charge in [0.25, 0.3) is 5.91 Å². The Hall–Kier alpha value is -4.52. The fourth-order valence-electron chi connectivity index (χ4n) is 3.20. The first-order valence-corrected chi connectivity index (χ1v) is 10.1. The molecule has 0 aliphatic carbocycles. The van der Waals surface area contributed by atoms with Crippen molar-refractivity contribution < 1.29 is 18.7 Å². The first kappa shape index (κ1) is 21.7. The normalized spacial score (nSPS) is 10.5. The lowest BCUT2D eigenvalue weighted by molar-refractivity contribution is 0.0997. The van der Waals surface area contributed by atoms with Gasteiger partial charge in [-0.1, -0.05) is 42.5 Å². The second-order valence-corrected chi connectivity index (χ2v) is 7.27. The number of nitrogens with two attached hydrogens (primary N) is 1. The van der Waals surface area contributed by atoms with Crippen molar-refractivity contribution >= 4 is 17.5 Å². The Morgan fingerprint density at radius 2 is 1.61 bits per heavy atom. The van der Waals surface area contributed by atoms with Crippen LogP contribution >= 0.6 is 0 Å². The molecule has 6 nitrogen and oxygen atoms in total. The van der Waals surface area contributed by atoms with Gasteiger partial charge in [0.1, 0.15) is 18.2 Å². The summed E-state index contributed by atoms with van der Waals surface area (Å²) in [5.74, 6) is -1.16. The average molecular weight is 441 g/mol. The molecule has 0 spiro atoms. The number of primary amides is 1. The van der Waals surface area contributed by atoms with E-state index in [0.29, 0.717) is 11.3 Å². The molecule has 164 valence electrons. The summed E-state index contributed by atoms with van der Waals surface area (Å²) in [6.45, 7) is -0.120. The smallest absolute Gasteiger partial charge is 0.255 e. The molecule has 0 saturated carbocycles. The zero-order chi connectivity index (χ0) is 23.2. The van der Waals surface area contributed by atoms with Crippen LogP contribution in [0.25, 0.3) is 11.1 Å². The maximum atomic E-state index is 14.3. The lowest BCUT2D eigenvalue weighted by Gasteiger charge is -2.11. The van der Waals surface area contributed by atoms with E-state index < -0.39 is 11.7 Å². The number of anilines is 1. The molecule has 4 rings (SSSR count). The standard InChI is InChI=1S/C26H20FN3O3/c27-24-11-10-22(12-21(24)16-33-23-13-20(25(28)31)14-29-15-23)30-26(32)19-8-6-18(7-9-19)17-4-2-1-3-5-17/h1-15H,16H2,(H2,28,31)(H,30,32). The summed E-state index contributed by atoms with van der Waals surface area (Å²) >= 11 is 0. The number of hydrogen-bond donors (Lipinski definition) is 2. The summed E-state index contributed by atoms with van der Waals surface area (Å²) in [6, 6.07) is 22.7. The molecule has 0 unspecified atom stereocenters. The minimum atomic E-state index is -0.638. The lowest BCUT2D eigenvalue weighted by atomic mass is 10.0. The molecule has 0 aliphatic heterocycles. The van der Waals surface area contributed by atoms with Crippen molar-refractivity contribution in [3.63, 3.8) is 0 Å². The topological polar surface area (TPSA) is 94.3 Å². The van der Waals surface area contributed by atoms with Gasteiger partial charge in [-0.2, -0.15) is 0 Å². The molecule has 0 fully saturated rings. The second kappa shape index (κ2) is 9.74. The van der Waals surface area contributed by atoms with Crippen LogP contribution in [0.3, 0.4) is 0 Å². The summed E-state index contributed by atoms with van der Waals surface area (Å²) in [5, 5.41) is 2.77. The van der Waals surface area contributed by atoms with E-state index in [2.05, 4.69) is 10.3 Å². The minimum absolute atomic E-state index is 0.120. The van der Waals surface area contributed by atoms with E-state index in [9.17, 15) is 14.0 Å². The fraction of sp³-hybridized carbons (Fsp3) is 0.0385. The summed E-state index contributed by atoms with van der Waals surface area (Å²) in [4.78, 5) is 27.8. The number of nitrogens with zero attached hydrogens (tertiary/aromatic N) is 1.